The summed E-state index contributed by atoms with van der Waals surface area (Å²) < 4.78 is 33.4. The van der Waals surface area contributed by atoms with Crippen molar-refractivity contribution in [3.63, 3.8) is 0 Å². The molecule has 1 aliphatic rings. The van der Waals surface area contributed by atoms with E-state index in [0.717, 1.165) is 18.4 Å². The molecule has 1 amide bonds. The first kappa shape index (κ1) is 22.2. The van der Waals surface area contributed by atoms with Crippen molar-refractivity contribution in [2.45, 2.75) is 30.4 Å². The van der Waals surface area contributed by atoms with Crippen LogP contribution in [-0.4, -0.2) is 45.0 Å². The topological polar surface area (TPSA) is 99.5 Å². The fourth-order valence-corrected chi connectivity index (χ4v) is 4.79. The van der Waals surface area contributed by atoms with Gasteiger partial charge < -0.3 is 9.64 Å². The summed E-state index contributed by atoms with van der Waals surface area (Å²) in [6.45, 7) is 0.865. The molecular weight excluding hydrogens is 426 g/mol. The first-order valence-electron chi connectivity index (χ1n) is 9.51. The van der Waals surface area contributed by atoms with Gasteiger partial charge in [0.25, 0.3) is 5.91 Å². The third kappa shape index (κ3) is 5.58. The minimum absolute atomic E-state index is 0.0151. The summed E-state index contributed by atoms with van der Waals surface area (Å²) in [5.74, 6) is -0.451. The largest absolute Gasteiger partial charge is 0.377 e. The van der Waals surface area contributed by atoms with Crippen LogP contribution in [0.25, 0.3) is 0 Å². The normalized spacial score (nSPS) is 16.2. The van der Waals surface area contributed by atoms with Gasteiger partial charge in [-0.1, -0.05) is 41.9 Å². The van der Waals surface area contributed by atoms with Crippen molar-refractivity contribution in [2.75, 3.05) is 19.7 Å². The van der Waals surface area contributed by atoms with Gasteiger partial charge in [0.15, 0.2) is 0 Å². The van der Waals surface area contributed by atoms with Gasteiger partial charge in [0, 0.05) is 25.3 Å². The summed E-state index contributed by atoms with van der Waals surface area (Å²) >= 11 is 6.12. The van der Waals surface area contributed by atoms with Gasteiger partial charge in [-0.25, -0.2) is 13.1 Å². The van der Waals surface area contributed by atoms with E-state index in [2.05, 4.69) is 4.72 Å². The lowest BCUT2D eigenvalue weighted by atomic mass is 10.1. The molecule has 0 bridgehead atoms. The second-order valence-corrected chi connectivity index (χ2v) is 9.08. The molecule has 1 atom stereocenters. The van der Waals surface area contributed by atoms with E-state index in [4.69, 9.17) is 21.6 Å². The average Bonchev–Trinajstić information content (AvgIpc) is 3.26. The monoisotopic (exact) mass is 447 g/mol. The molecular formula is C21H22ClN3O4S. The van der Waals surface area contributed by atoms with Crippen molar-refractivity contribution >= 4 is 27.5 Å². The number of ether oxygens (including phenoxy) is 1. The number of hydrogen-bond acceptors (Lipinski definition) is 5. The number of halogens is 1. The van der Waals surface area contributed by atoms with Gasteiger partial charge in [0.1, 0.15) is 11.4 Å². The van der Waals surface area contributed by atoms with E-state index >= 15 is 0 Å². The molecule has 0 saturated carbocycles. The Labute approximate surface area is 181 Å². The Bertz CT molecular complexity index is 1030. The molecule has 2 aromatic carbocycles. The Balaban J connectivity index is 1.81. The van der Waals surface area contributed by atoms with E-state index in [1.54, 1.807) is 0 Å². The summed E-state index contributed by atoms with van der Waals surface area (Å²) in [4.78, 5) is 14.2. The first-order chi connectivity index (χ1) is 14.4. The average molecular weight is 448 g/mol. The minimum Gasteiger partial charge on any atom is -0.377 e. The van der Waals surface area contributed by atoms with E-state index in [-0.39, 0.29) is 41.2 Å². The van der Waals surface area contributed by atoms with Crippen LogP contribution in [0.3, 0.4) is 0 Å². The number of sulfonamides is 1. The quantitative estimate of drug-likeness (QED) is 0.627. The number of rotatable bonds is 8. The number of carbonyl (C=O) groups excluding carboxylic acids is 1. The number of nitrogens with zero attached hydrogens (tertiary/aromatic N) is 2. The van der Waals surface area contributed by atoms with Crippen molar-refractivity contribution in [3.05, 3.63) is 64.7 Å². The van der Waals surface area contributed by atoms with Crippen molar-refractivity contribution in [3.8, 4) is 6.07 Å². The van der Waals surface area contributed by atoms with E-state index in [1.165, 1.54) is 23.1 Å². The smallest absolute Gasteiger partial charge is 0.255 e. The lowest BCUT2D eigenvalue weighted by Gasteiger charge is -2.20. The SMILES string of the molecule is N#CCN(Cc1ccccc1)C(=O)c1ccc(Cl)c(S(=O)(=O)NCC2CCCO2)c1. The standard InChI is InChI=1S/C21H22ClN3O4S/c22-19-9-8-17(13-20(19)30(27,28)24-14-18-7-4-12-29-18)21(26)25(11-10-23)15-16-5-2-1-3-6-16/h1-3,5-6,8-9,13,18,24H,4,7,11-12,14-15H2. The molecule has 158 valence electrons. The van der Waals surface area contributed by atoms with Crippen LogP contribution in [0.5, 0.6) is 0 Å². The van der Waals surface area contributed by atoms with Crippen LogP contribution < -0.4 is 4.72 Å². The van der Waals surface area contributed by atoms with Crippen LogP contribution >= 0.6 is 11.6 Å². The highest BCUT2D eigenvalue weighted by Gasteiger charge is 2.24. The molecule has 7 nitrogen and oxygen atoms in total. The van der Waals surface area contributed by atoms with Gasteiger partial charge in [0.05, 0.1) is 17.2 Å². The van der Waals surface area contributed by atoms with Crippen LogP contribution in [0.15, 0.2) is 53.4 Å². The lowest BCUT2D eigenvalue weighted by molar-refractivity contribution is 0.0764. The molecule has 0 radical (unpaired) electrons. The summed E-state index contributed by atoms with van der Waals surface area (Å²) in [5.41, 5.74) is 1.00. The second-order valence-electron chi connectivity index (χ2n) is 6.94. The predicted octanol–water partition coefficient (Wildman–Crippen LogP) is 2.96. The van der Waals surface area contributed by atoms with Gasteiger partial charge in [0.2, 0.25) is 10.0 Å². The molecule has 0 aromatic heterocycles. The maximum atomic E-state index is 13.0. The Morgan fingerprint density at radius 2 is 2.03 bits per heavy atom. The highest BCUT2D eigenvalue weighted by Crippen LogP contribution is 2.24. The fourth-order valence-electron chi connectivity index (χ4n) is 3.20. The van der Waals surface area contributed by atoms with Crippen molar-refractivity contribution in [2.24, 2.45) is 0 Å². The zero-order chi connectivity index (χ0) is 21.6. The van der Waals surface area contributed by atoms with Gasteiger partial charge in [-0.15, -0.1) is 0 Å². The maximum absolute atomic E-state index is 13.0. The maximum Gasteiger partial charge on any atom is 0.255 e. The number of benzene rings is 2. The van der Waals surface area contributed by atoms with E-state index in [9.17, 15) is 13.2 Å². The zero-order valence-corrected chi connectivity index (χ0v) is 17.8. The second kappa shape index (κ2) is 10.0. The molecule has 30 heavy (non-hydrogen) atoms. The van der Waals surface area contributed by atoms with Crippen LogP contribution in [0.2, 0.25) is 5.02 Å². The number of nitrogens with one attached hydrogen (secondary N) is 1. The van der Waals surface area contributed by atoms with Crippen molar-refractivity contribution in [1.29, 1.82) is 5.26 Å². The van der Waals surface area contributed by atoms with E-state index < -0.39 is 15.9 Å². The van der Waals surface area contributed by atoms with E-state index in [0.29, 0.717) is 6.61 Å². The zero-order valence-electron chi connectivity index (χ0n) is 16.3. The van der Waals surface area contributed by atoms with Gasteiger partial charge in [-0.05, 0) is 36.6 Å². The van der Waals surface area contributed by atoms with Crippen LogP contribution in [0.4, 0.5) is 0 Å². The third-order valence-corrected chi connectivity index (χ3v) is 6.66. The molecule has 1 fully saturated rings. The van der Waals surface area contributed by atoms with Crippen molar-refractivity contribution in [1.82, 2.24) is 9.62 Å². The molecule has 1 heterocycles. The third-order valence-electron chi connectivity index (χ3n) is 4.76. The highest BCUT2D eigenvalue weighted by atomic mass is 35.5. The van der Waals surface area contributed by atoms with Crippen LogP contribution in [0.1, 0.15) is 28.8 Å². The van der Waals surface area contributed by atoms with Gasteiger partial charge >= 0.3 is 0 Å². The van der Waals surface area contributed by atoms with E-state index in [1.807, 2.05) is 36.4 Å². The number of amides is 1. The summed E-state index contributed by atoms with van der Waals surface area (Å²) in [7, 11) is -3.93. The number of carbonyl (C=O) groups is 1. The minimum atomic E-state index is -3.93. The first-order valence-corrected chi connectivity index (χ1v) is 11.4. The van der Waals surface area contributed by atoms with Gasteiger partial charge in [-0.2, -0.15) is 5.26 Å². The van der Waals surface area contributed by atoms with Gasteiger partial charge in [-0.3, -0.25) is 4.79 Å². The number of nitriles is 1. The molecule has 1 unspecified atom stereocenters. The summed E-state index contributed by atoms with van der Waals surface area (Å²) in [6.07, 6.45) is 1.52. The summed E-state index contributed by atoms with van der Waals surface area (Å²) in [6, 6.07) is 15.3. The Kier molecular flexibility index (Phi) is 7.45. The van der Waals surface area contributed by atoms with Crippen LogP contribution in [-0.2, 0) is 21.3 Å². The molecule has 2 aromatic rings. The molecule has 1 aliphatic heterocycles. The Morgan fingerprint density at radius 1 is 1.27 bits per heavy atom. The Morgan fingerprint density at radius 3 is 2.70 bits per heavy atom. The highest BCUT2D eigenvalue weighted by molar-refractivity contribution is 7.89. The molecule has 9 heteroatoms. The predicted molar refractivity (Wildman–Crippen MR) is 112 cm³/mol. The number of hydrogen-bond donors (Lipinski definition) is 1. The Hall–Kier alpha value is -2.44. The molecule has 1 saturated heterocycles. The molecule has 3 rings (SSSR count). The van der Waals surface area contributed by atoms with Crippen LogP contribution in [0, 0.1) is 11.3 Å². The summed E-state index contributed by atoms with van der Waals surface area (Å²) in [5, 5.41) is 9.14. The molecule has 0 aliphatic carbocycles. The molecule has 1 N–H and O–H groups in total. The van der Waals surface area contributed by atoms with Crippen molar-refractivity contribution < 1.29 is 17.9 Å². The fraction of sp³-hybridized carbons (Fsp3) is 0.333. The molecule has 0 spiro atoms. The lowest BCUT2D eigenvalue weighted by Crippen LogP contribution is -2.33.